The van der Waals surface area contributed by atoms with E-state index in [1.807, 2.05) is 0 Å². The van der Waals surface area contributed by atoms with E-state index < -0.39 is 0 Å². The molecule has 0 saturated carbocycles. The number of aromatic nitrogens is 5. The largest absolute Gasteiger partial charge is 0.247 e. The van der Waals surface area contributed by atoms with Gasteiger partial charge in [-0.25, -0.2) is 23.3 Å². The van der Waals surface area contributed by atoms with E-state index in [0.717, 1.165) is 50.1 Å². The summed E-state index contributed by atoms with van der Waals surface area (Å²) < 4.78 is 9.63. The number of hydrogen-bond acceptors (Lipinski definition) is 1. The molecule has 4 heterocycles. The van der Waals surface area contributed by atoms with Gasteiger partial charge in [0, 0.05) is 21.9 Å². The summed E-state index contributed by atoms with van der Waals surface area (Å²) >= 11 is 0. The number of rotatable bonds is 0. The van der Waals surface area contributed by atoms with Crippen molar-refractivity contribution in [2.45, 2.75) is 39.0 Å². The van der Waals surface area contributed by atoms with Crippen molar-refractivity contribution in [1.82, 2.24) is 14.1 Å². The molecule has 0 radical (unpaired) electrons. The normalized spacial score (nSPS) is 14.2. The summed E-state index contributed by atoms with van der Waals surface area (Å²) in [6, 6.07) is 33.0. The van der Waals surface area contributed by atoms with Gasteiger partial charge in [0.05, 0.1) is 24.1 Å². The molecule has 4 aromatic carbocycles. The molecular formula is C33H29N5+2. The number of hydrogen-bond donors (Lipinski definition) is 0. The molecular weight excluding hydrogens is 466 g/mol. The lowest BCUT2D eigenvalue weighted by Crippen LogP contribution is -2.33. The van der Waals surface area contributed by atoms with Crippen molar-refractivity contribution < 1.29 is 9.13 Å². The Bertz CT molecular complexity index is 1850. The second-order valence-corrected chi connectivity index (χ2v) is 10.5. The Balaban J connectivity index is 1.38. The molecule has 1 aliphatic heterocycles. The number of aryl methyl sites for hydroxylation is 2. The van der Waals surface area contributed by atoms with E-state index in [1.54, 1.807) is 0 Å². The third-order valence-electron chi connectivity index (χ3n) is 8.12. The Morgan fingerprint density at radius 1 is 0.553 bits per heavy atom. The van der Waals surface area contributed by atoms with E-state index in [4.69, 9.17) is 4.98 Å². The fourth-order valence-corrected chi connectivity index (χ4v) is 6.29. The Morgan fingerprint density at radius 3 is 1.58 bits per heavy atom. The fraction of sp³-hybridized carbons (Fsp3) is 0.182. The molecule has 6 bridgehead atoms. The van der Waals surface area contributed by atoms with E-state index in [-0.39, 0.29) is 0 Å². The molecule has 0 atom stereocenters. The molecule has 0 N–H and O–H groups in total. The molecule has 38 heavy (non-hydrogen) atoms. The topological polar surface area (TPSA) is 30.5 Å². The zero-order valence-corrected chi connectivity index (χ0v) is 21.3. The van der Waals surface area contributed by atoms with Gasteiger partial charge in [0.15, 0.2) is 22.1 Å². The summed E-state index contributed by atoms with van der Waals surface area (Å²) in [5.41, 5.74) is 9.80. The van der Waals surface area contributed by atoms with Crippen molar-refractivity contribution in [2.75, 3.05) is 0 Å². The van der Waals surface area contributed by atoms with Crippen LogP contribution in [0, 0.1) is 0 Å². The predicted molar refractivity (Wildman–Crippen MR) is 151 cm³/mol. The number of imidazole rings is 2. The van der Waals surface area contributed by atoms with E-state index in [2.05, 4.69) is 122 Å². The van der Waals surface area contributed by atoms with Gasteiger partial charge in [0.2, 0.25) is 12.7 Å². The average Bonchev–Trinajstić information content (AvgIpc) is 3.48. The lowest BCUT2D eigenvalue weighted by molar-refractivity contribution is -0.663. The molecule has 184 valence electrons. The van der Waals surface area contributed by atoms with E-state index in [0.29, 0.717) is 0 Å². The quantitative estimate of drug-likeness (QED) is 0.194. The van der Waals surface area contributed by atoms with Gasteiger partial charge in [-0.15, -0.1) is 0 Å². The number of benzene rings is 4. The first kappa shape index (κ1) is 21.6. The molecule has 5 heteroatoms. The molecule has 0 spiro atoms. The highest BCUT2D eigenvalue weighted by molar-refractivity contribution is 5.95. The first-order valence-corrected chi connectivity index (χ1v) is 13.6. The number of nitrogens with zero attached hydrogens (tertiary/aromatic N) is 5. The predicted octanol–water partition coefficient (Wildman–Crippen LogP) is 5.76. The van der Waals surface area contributed by atoms with Crippen LogP contribution < -0.4 is 9.13 Å². The maximum atomic E-state index is 5.36. The van der Waals surface area contributed by atoms with Crippen LogP contribution >= 0.6 is 0 Å². The number of fused-ring (bicyclic) bond motifs is 10. The van der Waals surface area contributed by atoms with E-state index in [1.165, 1.54) is 44.0 Å². The van der Waals surface area contributed by atoms with E-state index >= 15 is 0 Å². The summed E-state index contributed by atoms with van der Waals surface area (Å²) in [6.07, 6.45) is 6.85. The average molecular weight is 496 g/mol. The highest BCUT2D eigenvalue weighted by Crippen LogP contribution is 2.26. The van der Waals surface area contributed by atoms with Crippen molar-refractivity contribution in [1.29, 1.82) is 0 Å². The molecule has 0 amide bonds. The van der Waals surface area contributed by atoms with Gasteiger partial charge in [-0.2, -0.15) is 0 Å². The summed E-state index contributed by atoms with van der Waals surface area (Å²) in [4.78, 5) is 5.36. The number of pyridine rings is 1. The SMILES string of the molecule is c1cc2c3nc4c(cccc4cc3c1)C[n+]1cn(c3ccccc31)CCCCn1c[n+](c3ccccc31)C2. The van der Waals surface area contributed by atoms with Crippen LogP contribution in [0.2, 0.25) is 0 Å². The zero-order chi connectivity index (χ0) is 25.1. The molecule has 0 fully saturated rings. The van der Waals surface area contributed by atoms with E-state index in [9.17, 15) is 0 Å². The Labute approximate surface area is 220 Å². The Hall–Kier alpha value is -4.51. The summed E-state index contributed by atoms with van der Waals surface area (Å²) in [5, 5.41) is 2.39. The second kappa shape index (κ2) is 8.52. The lowest BCUT2D eigenvalue weighted by Gasteiger charge is -2.09. The molecule has 7 aromatic rings. The van der Waals surface area contributed by atoms with Crippen LogP contribution in [0.25, 0.3) is 43.9 Å². The van der Waals surface area contributed by atoms with Crippen molar-refractivity contribution in [3.63, 3.8) is 0 Å². The molecule has 1 aliphatic rings. The van der Waals surface area contributed by atoms with Crippen LogP contribution in [0.3, 0.4) is 0 Å². The van der Waals surface area contributed by atoms with Crippen LogP contribution in [-0.4, -0.2) is 14.1 Å². The lowest BCUT2D eigenvalue weighted by atomic mass is 10.0. The highest BCUT2D eigenvalue weighted by atomic mass is 15.1. The third kappa shape index (κ3) is 3.42. The molecule has 0 saturated heterocycles. The molecule has 3 aromatic heterocycles. The molecule has 5 nitrogen and oxygen atoms in total. The third-order valence-corrected chi connectivity index (χ3v) is 8.12. The maximum Gasteiger partial charge on any atom is 0.245 e. The monoisotopic (exact) mass is 495 g/mol. The van der Waals surface area contributed by atoms with Gasteiger partial charge >= 0.3 is 0 Å². The Morgan fingerprint density at radius 2 is 1.05 bits per heavy atom. The van der Waals surface area contributed by atoms with Gasteiger partial charge in [0.25, 0.3) is 0 Å². The van der Waals surface area contributed by atoms with Crippen molar-refractivity contribution in [2.24, 2.45) is 0 Å². The highest BCUT2D eigenvalue weighted by Gasteiger charge is 2.20. The van der Waals surface area contributed by atoms with Crippen molar-refractivity contribution in [3.8, 4) is 0 Å². The minimum Gasteiger partial charge on any atom is -0.247 e. The number of para-hydroxylation sites is 6. The van der Waals surface area contributed by atoms with Crippen LogP contribution in [0.5, 0.6) is 0 Å². The van der Waals surface area contributed by atoms with Crippen LogP contribution in [0.4, 0.5) is 0 Å². The van der Waals surface area contributed by atoms with Gasteiger partial charge < -0.3 is 0 Å². The van der Waals surface area contributed by atoms with Gasteiger partial charge in [-0.05, 0) is 43.2 Å². The second-order valence-electron chi connectivity index (χ2n) is 10.5. The minimum atomic E-state index is 0.798. The maximum absolute atomic E-state index is 5.36. The fourth-order valence-electron chi connectivity index (χ4n) is 6.29. The first-order chi connectivity index (χ1) is 18.8. The Kier molecular flexibility index (Phi) is 4.84. The zero-order valence-electron chi connectivity index (χ0n) is 21.3. The molecule has 8 rings (SSSR count). The molecule has 0 unspecified atom stereocenters. The van der Waals surface area contributed by atoms with Gasteiger partial charge in [-0.3, -0.25) is 0 Å². The standard InChI is InChI=1S/C33H29N5/c1-3-15-30-28(13-1)35-17-5-6-18-36-23-38(31-16-4-2-14-29(31)36)21-27-12-8-10-25-19-24-9-7-11-26(20-37(30)22-35)32(24)34-33(25)27/h1-4,7-16,19,22-23H,5-6,17-18,20-21H2/q+2. The van der Waals surface area contributed by atoms with Crippen LogP contribution in [0.15, 0.2) is 104 Å². The first-order valence-electron chi connectivity index (χ1n) is 13.6. The van der Waals surface area contributed by atoms with Gasteiger partial charge in [-0.1, -0.05) is 60.7 Å². The summed E-state index contributed by atoms with van der Waals surface area (Å²) in [7, 11) is 0. The summed E-state index contributed by atoms with van der Waals surface area (Å²) in [5.74, 6) is 0. The smallest absolute Gasteiger partial charge is 0.245 e. The van der Waals surface area contributed by atoms with Crippen molar-refractivity contribution >= 4 is 43.9 Å². The van der Waals surface area contributed by atoms with Crippen LogP contribution in [0.1, 0.15) is 24.0 Å². The minimum absolute atomic E-state index is 0.798. The molecule has 0 aliphatic carbocycles. The summed E-state index contributed by atoms with van der Waals surface area (Å²) in [6.45, 7) is 3.61. The van der Waals surface area contributed by atoms with Gasteiger partial charge in [0.1, 0.15) is 13.1 Å². The van der Waals surface area contributed by atoms with Crippen LogP contribution in [-0.2, 0) is 26.2 Å². The van der Waals surface area contributed by atoms with Crippen molar-refractivity contribution in [3.05, 3.63) is 115 Å².